The number of hydrogen-bond donors (Lipinski definition) is 8. The Balaban J connectivity index is 1.04. The van der Waals surface area contributed by atoms with Crippen molar-refractivity contribution in [3.8, 4) is 11.5 Å². The van der Waals surface area contributed by atoms with E-state index < -0.39 is 69.8 Å². The Labute approximate surface area is 337 Å². The molecule has 0 unspecified atom stereocenters. The highest BCUT2D eigenvalue weighted by atomic mass is 32.2. The van der Waals surface area contributed by atoms with Crippen LogP contribution in [0.25, 0.3) is 5.78 Å². The molecule has 1 fully saturated rings. The summed E-state index contributed by atoms with van der Waals surface area (Å²) >= 11 is 3.46. The van der Waals surface area contributed by atoms with Crippen molar-refractivity contribution in [1.82, 2.24) is 45.6 Å². The first-order chi connectivity index (χ1) is 27.5. The minimum atomic E-state index is -1.83. The van der Waals surface area contributed by atoms with Crippen molar-refractivity contribution in [3.05, 3.63) is 63.2 Å². The number of β-lactam (4-membered cyclic amide) rings is 1. The number of hydrazine groups is 1. The molecule has 2 atom stereocenters. The van der Waals surface area contributed by atoms with Gasteiger partial charge in [0, 0.05) is 28.0 Å². The lowest BCUT2D eigenvalue weighted by Gasteiger charge is -2.49. The van der Waals surface area contributed by atoms with Crippen LogP contribution in [0.15, 0.2) is 45.0 Å². The molecule has 0 saturated carbocycles. The second-order valence-electron chi connectivity index (χ2n) is 13.3. The summed E-state index contributed by atoms with van der Waals surface area (Å²) in [7, 11) is 0. The number of carbonyl (C=O) groups excluding carboxylic acids is 4. The molecule has 2 aliphatic heterocycles. The van der Waals surface area contributed by atoms with Crippen LogP contribution in [-0.4, -0.2) is 120 Å². The van der Waals surface area contributed by atoms with Gasteiger partial charge in [0.05, 0.1) is 5.69 Å². The summed E-state index contributed by atoms with van der Waals surface area (Å²) in [4.78, 5) is 95.9. The van der Waals surface area contributed by atoms with Gasteiger partial charge >= 0.3 is 11.9 Å². The highest BCUT2D eigenvalue weighted by Gasteiger charge is 2.54. The molecule has 7 rings (SSSR count). The first-order valence-corrected chi connectivity index (χ1v) is 19.9. The van der Waals surface area contributed by atoms with Gasteiger partial charge in [0.1, 0.15) is 27.8 Å². The average molecular weight is 854 g/mol. The van der Waals surface area contributed by atoms with E-state index in [0.717, 1.165) is 46.0 Å². The van der Waals surface area contributed by atoms with Crippen LogP contribution in [0, 0.1) is 0 Å². The lowest BCUT2D eigenvalue weighted by atomic mass is 10.0. The molecule has 25 heteroatoms. The number of aryl methyl sites for hydroxylation is 1. The number of nitrogens with two attached hydrogens (primary N) is 1. The number of aromatic hydroxyl groups is 2. The zero-order valence-electron chi connectivity index (χ0n) is 30.1. The Hall–Kier alpha value is -6.47. The number of nitrogen functional groups attached to an aromatic ring is 1. The van der Waals surface area contributed by atoms with Gasteiger partial charge < -0.3 is 36.3 Å². The Morgan fingerprint density at radius 3 is 2.53 bits per heavy atom. The number of oxime groups is 1. The van der Waals surface area contributed by atoms with E-state index in [1.165, 1.54) is 53.3 Å². The van der Waals surface area contributed by atoms with Crippen molar-refractivity contribution in [2.45, 2.75) is 55.2 Å². The van der Waals surface area contributed by atoms with Gasteiger partial charge in [-0.15, -0.1) is 40.0 Å². The predicted octanol–water partition coefficient (Wildman–Crippen LogP) is 0.253. The summed E-state index contributed by atoms with van der Waals surface area (Å²) < 4.78 is 1.42. The maximum absolute atomic E-state index is 13.7. The van der Waals surface area contributed by atoms with Crippen LogP contribution in [0.5, 0.6) is 11.5 Å². The molecule has 1 saturated heterocycles. The molecule has 3 aliphatic rings. The fourth-order valence-corrected chi connectivity index (χ4v) is 9.19. The predicted molar refractivity (Wildman–Crippen MR) is 204 cm³/mol. The highest BCUT2D eigenvalue weighted by molar-refractivity contribution is 8.01. The maximum atomic E-state index is 13.7. The van der Waals surface area contributed by atoms with E-state index in [4.69, 9.17) is 10.6 Å². The molecule has 1 aromatic carbocycles. The van der Waals surface area contributed by atoms with Crippen LogP contribution < -0.4 is 21.9 Å². The van der Waals surface area contributed by atoms with Crippen LogP contribution in [0.3, 0.4) is 0 Å². The number of phenolic OH excluding ortho intramolecular Hbond substituents is 2. The summed E-state index contributed by atoms with van der Waals surface area (Å²) in [5, 5.41) is 50.5. The van der Waals surface area contributed by atoms with Gasteiger partial charge in [0.15, 0.2) is 22.3 Å². The Morgan fingerprint density at radius 2 is 1.84 bits per heavy atom. The largest absolute Gasteiger partial charge is 0.504 e. The minimum Gasteiger partial charge on any atom is -0.504 e. The number of thiazole rings is 1. The third-order valence-electron chi connectivity index (χ3n) is 9.02. The van der Waals surface area contributed by atoms with Gasteiger partial charge in [-0.25, -0.2) is 24.1 Å². The second-order valence-corrected chi connectivity index (χ2v) is 16.2. The molecule has 4 aromatic rings. The summed E-state index contributed by atoms with van der Waals surface area (Å²) in [5.41, 5.74) is 9.51. The van der Waals surface area contributed by atoms with E-state index in [-0.39, 0.29) is 45.2 Å². The molecule has 4 amide bonds. The average Bonchev–Trinajstić information content (AvgIpc) is 3.95. The molecule has 0 spiro atoms. The summed E-state index contributed by atoms with van der Waals surface area (Å²) in [6, 6.07) is 2.08. The van der Waals surface area contributed by atoms with Crippen LogP contribution in [0.2, 0.25) is 0 Å². The third kappa shape index (κ3) is 7.52. The van der Waals surface area contributed by atoms with Crippen molar-refractivity contribution in [2.75, 3.05) is 17.2 Å². The molecule has 5 heterocycles. The zero-order chi connectivity index (χ0) is 41.6. The number of aromatic carboxylic acids is 1. The maximum Gasteiger partial charge on any atom is 0.375 e. The second kappa shape index (κ2) is 15.5. The molecule has 1 aliphatic carbocycles. The summed E-state index contributed by atoms with van der Waals surface area (Å²) in [5.74, 6) is -6.99. The smallest absolute Gasteiger partial charge is 0.375 e. The monoisotopic (exact) mass is 853 g/mol. The summed E-state index contributed by atoms with van der Waals surface area (Å²) in [6.07, 6.45) is 2.09. The molecule has 3 aromatic heterocycles. The lowest BCUT2D eigenvalue weighted by Crippen LogP contribution is -2.71. The van der Waals surface area contributed by atoms with Gasteiger partial charge in [-0.05, 0) is 56.9 Å². The molecule has 0 bridgehead atoms. The fourth-order valence-electron chi connectivity index (χ4n) is 6.08. The quantitative estimate of drug-likeness (QED) is 0.0236. The number of anilines is 1. The SMILES string of the molecule is CC(C)(ON=C(C(=O)N[C@@H]1C(=O)N2C(C(=O)O)=C(CSc3nc4nc(C(=O)O)nn4c4c3CCC4)CS[C@H]12)c1csc(N)n1)C(=O)NNC(=O)c1ccc(O)c(O)c1. The molecule has 0 radical (unpaired) electrons. The molecule has 302 valence electrons. The number of hydrogen-bond acceptors (Lipinski definition) is 18. The first-order valence-electron chi connectivity index (χ1n) is 17.0. The normalized spacial score (nSPS) is 17.7. The number of carbonyl (C=O) groups is 6. The number of nitrogens with one attached hydrogen (secondary N) is 3. The van der Waals surface area contributed by atoms with Gasteiger partial charge in [0.25, 0.3) is 35.2 Å². The molecular weight excluding hydrogens is 823 g/mol. The lowest BCUT2D eigenvalue weighted by molar-refractivity contribution is -0.150. The van der Waals surface area contributed by atoms with Crippen LogP contribution >= 0.6 is 34.9 Å². The number of amides is 4. The van der Waals surface area contributed by atoms with Crippen molar-refractivity contribution in [2.24, 2.45) is 5.16 Å². The van der Waals surface area contributed by atoms with E-state index in [2.05, 4.69) is 41.4 Å². The first kappa shape index (κ1) is 39.8. The highest BCUT2D eigenvalue weighted by Crippen LogP contribution is 2.42. The van der Waals surface area contributed by atoms with Crippen molar-refractivity contribution < 1.29 is 54.0 Å². The van der Waals surface area contributed by atoms with Crippen molar-refractivity contribution >= 4 is 87.0 Å². The standard InChI is InChI=1S/C33H31N11O11S3/c1-33(2,30(54)40-39-23(47)12-6-7-17(45)18(46)8-12)55-42-19(15-11-58-31(34)35-15)24(48)36-20-26(49)43-21(28(50)51)13(10-57-27(20)43)9-56-25-14-4-3-5-16(14)44-32(38-25)37-22(41-44)29(52)53/h6-8,11,20,27,45-46H,3-5,9-10H2,1-2H3,(H2,34,35)(H,36,48)(H,39,47)(H,40,54)(H,50,51)(H,52,53)/t20-,27-/m1/s1. The third-order valence-corrected chi connectivity index (χ3v) is 12.1. The molecule has 9 N–H and O–H groups in total. The number of benzene rings is 1. The number of phenols is 2. The van der Waals surface area contributed by atoms with Crippen molar-refractivity contribution in [1.29, 1.82) is 0 Å². The number of aromatic nitrogens is 5. The van der Waals surface area contributed by atoms with E-state index in [9.17, 15) is 49.2 Å². The number of thioether (sulfide) groups is 2. The van der Waals surface area contributed by atoms with Crippen molar-refractivity contribution in [3.63, 3.8) is 0 Å². The topological polar surface area (TPSA) is 326 Å². The Kier molecular flexibility index (Phi) is 10.6. The van der Waals surface area contributed by atoms with Gasteiger partial charge in [0.2, 0.25) is 5.60 Å². The van der Waals surface area contributed by atoms with Gasteiger partial charge in [-0.2, -0.15) is 4.98 Å². The minimum absolute atomic E-state index is 0.0504. The number of aliphatic carboxylic acids is 1. The van der Waals surface area contributed by atoms with E-state index in [0.29, 0.717) is 23.4 Å². The zero-order valence-corrected chi connectivity index (χ0v) is 32.5. The molecule has 58 heavy (non-hydrogen) atoms. The number of nitrogens with zero attached hydrogens (tertiary/aromatic N) is 7. The van der Waals surface area contributed by atoms with Gasteiger partial charge in [-0.1, -0.05) is 5.16 Å². The van der Waals surface area contributed by atoms with Gasteiger partial charge in [-0.3, -0.25) is 34.9 Å². The molecular formula is C33H31N11O11S3. The number of fused-ring (bicyclic) bond motifs is 4. The number of carboxylic acids is 2. The number of rotatable bonds is 12. The van der Waals surface area contributed by atoms with E-state index in [1.807, 2.05) is 0 Å². The fraction of sp³-hybridized carbons (Fsp3) is 0.303. The Bertz CT molecular complexity index is 2500. The van der Waals surface area contributed by atoms with E-state index >= 15 is 0 Å². The Morgan fingerprint density at radius 1 is 1.07 bits per heavy atom. The van der Waals surface area contributed by atoms with Crippen LogP contribution in [-0.2, 0) is 36.9 Å². The molecule has 22 nitrogen and oxygen atoms in total. The number of carboxylic acid groups (broad SMARTS) is 2. The van der Waals surface area contributed by atoms with Crippen LogP contribution in [0.1, 0.15) is 58.2 Å². The summed E-state index contributed by atoms with van der Waals surface area (Å²) in [6.45, 7) is 2.56. The van der Waals surface area contributed by atoms with E-state index in [1.54, 1.807) is 0 Å². The van der Waals surface area contributed by atoms with Crippen LogP contribution in [0.4, 0.5) is 5.13 Å².